The zero-order valence-corrected chi connectivity index (χ0v) is 15.6. The van der Waals surface area contributed by atoms with E-state index in [1.165, 1.54) is 5.56 Å². The molecule has 0 amide bonds. The van der Waals surface area contributed by atoms with Gasteiger partial charge in [0.25, 0.3) is 0 Å². The second kappa shape index (κ2) is 7.00. The quantitative estimate of drug-likeness (QED) is 0.851. The minimum Gasteiger partial charge on any atom is -0.366 e. The molecule has 2 aromatic rings. The van der Waals surface area contributed by atoms with Gasteiger partial charge in [-0.15, -0.1) is 0 Å². The van der Waals surface area contributed by atoms with E-state index in [4.69, 9.17) is 0 Å². The normalized spacial score (nSPS) is 19.1. The zero-order chi connectivity index (χ0) is 18.0. The van der Waals surface area contributed by atoms with Crippen LogP contribution in [0.3, 0.4) is 0 Å². The maximum Gasteiger partial charge on any atom is 0.229 e. The maximum atomic E-state index is 11.6. The molecule has 6 nitrogen and oxygen atoms in total. The van der Waals surface area contributed by atoms with Crippen molar-refractivity contribution >= 4 is 27.3 Å². The van der Waals surface area contributed by atoms with Crippen LogP contribution in [0, 0.1) is 6.92 Å². The van der Waals surface area contributed by atoms with Crippen LogP contribution in [0.4, 0.5) is 17.5 Å². The molecule has 1 unspecified atom stereocenters. The van der Waals surface area contributed by atoms with Gasteiger partial charge in [0.2, 0.25) is 5.95 Å². The first-order valence-corrected chi connectivity index (χ1v) is 10.3. The van der Waals surface area contributed by atoms with Gasteiger partial charge in [-0.1, -0.05) is 32.0 Å². The molecular weight excluding hydrogens is 336 g/mol. The Bertz CT molecular complexity index is 865. The molecule has 0 saturated carbocycles. The summed E-state index contributed by atoms with van der Waals surface area (Å²) in [5.41, 5.74) is 3.00. The van der Waals surface area contributed by atoms with Crippen LogP contribution in [-0.2, 0) is 9.84 Å². The molecule has 7 heteroatoms. The Kier molecular flexibility index (Phi) is 4.94. The average Bonchev–Trinajstić information content (AvgIpc) is 2.85. The van der Waals surface area contributed by atoms with E-state index in [0.717, 1.165) is 11.4 Å². The molecule has 1 atom stereocenters. The lowest BCUT2D eigenvalue weighted by Crippen LogP contribution is -2.21. The minimum absolute atomic E-state index is 0.0879. The number of nitrogens with zero attached hydrogens (tertiary/aromatic N) is 2. The van der Waals surface area contributed by atoms with Gasteiger partial charge in [-0.3, -0.25) is 0 Å². The maximum absolute atomic E-state index is 11.6. The smallest absolute Gasteiger partial charge is 0.229 e. The summed E-state index contributed by atoms with van der Waals surface area (Å²) < 4.78 is 23.2. The Labute approximate surface area is 149 Å². The highest BCUT2D eigenvalue weighted by Crippen LogP contribution is 2.26. The van der Waals surface area contributed by atoms with E-state index >= 15 is 0 Å². The molecule has 0 bridgehead atoms. The topological polar surface area (TPSA) is 84.0 Å². The Morgan fingerprint density at radius 2 is 1.96 bits per heavy atom. The number of aryl methyl sites for hydroxylation is 1. The third kappa shape index (κ3) is 4.48. The highest BCUT2D eigenvalue weighted by Gasteiger charge is 2.28. The van der Waals surface area contributed by atoms with Gasteiger partial charge in [0.05, 0.1) is 11.5 Å². The number of para-hydroxylation sites is 1. The number of hydrogen-bond donors (Lipinski definition) is 2. The predicted octanol–water partition coefficient (Wildman–Crippen LogP) is 3.25. The molecule has 25 heavy (non-hydrogen) atoms. The summed E-state index contributed by atoms with van der Waals surface area (Å²) in [7, 11) is -2.92. The molecule has 2 N–H and O–H groups in total. The molecule has 1 aromatic heterocycles. The van der Waals surface area contributed by atoms with E-state index in [1.54, 1.807) is 0 Å². The van der Waals surface area contributed by atoms with Crippen LogP contribution in [0.2, 0.25) is 0 Å². The summed E-state index contributed by atoms with van der Waals surface area (Å²) in [6.07, 6.45) is 0.615. The van der Waals surface area contributed by atoms with Crippen molar-refractivity contribution in [3.8, 4) is 0 Å². The molecule has 0 spiro atoms. The largest absolute Gasteiger partial charge is 0.366 e. The number of nitrogens with one attached hydrogen (secondary N) is 2. The Morgan fingerprint density at radius 3 is 2.64 bits per heavy atom. The molecule has 1 saturated heterocycles. The van der Waals surface area contributed by atoms with Crippen LogP contribution >= 0.6 is 0 Å². The second-order valence-electron chi connectivity index (χ2n) is 6.83. The first-order valence-electron chi connectivity index (χ1n) is 8.51. The molecule has 3 rings (SSSR count). The third-order valence-electron chi connectivity index (χ3n) is 4.27. The number of aromatic nitrogens is 2. The summed E-state index contributed by atoms with van der Waals surface area (Å²) in [6, 6.07) is 9.85. The van der Waals surface area contributed by atoms with Gasteiger partial charge in [-0.05, 0) is 30.9 Å². The van der Waals surface area contributed by atoms with E-state index in [9.17, 15) is 8.42 Å². The molecule has 2 heterocycles. The summed E-state index contributed by atoms with van der Waals surface area (Å²) >= 11 is 0. The van der Waals surface area contributed by atoms with Crippen molar-refractivity contribution in [2.24, 2.45) is 0 Å². The fourth-order valence-corrected chi connectivity index (χ4v) is 4.72. The lowest BCUT2D eigenvalue weighted by molar-refractivity contribution is 0.602. The molecule has 0 radical (unpaired) electrons. The van der Waals surface area contributed by atoms with Crippen molar-refractivity contribution < 1.29 is 8.42 Å². The van der Waals surface area contributed by atoms with E-state index < -0.39 is 9.84 Å². The van der Waals surface area contributed by atoms with Gasteiger partial charge < -0.3 is 10.6 Å². The summed E-state index contributed by atoms with van der Waals surface area (Å²) in [4.78, 5) is 8.96. The predicted molar refractivity (Wildman–Crippen MR) is 101 cm³/mol. The molecule has 1 fully saturated rings. The van der Waals surface area contributed by atoms with Crippen molar-refractivity contribution in [2.75, 3.05) is 22.1 Å². The SMILES string of the molecule is Cc1cc(NC2CCS(=O)(=O)C2)nc(Nc2ccccc2C(C)C)n1. The molecule has 1 aromatic carbocycles. The van der Waals surface area contributed by atoms with Crippen LogP contribution in [0.15, 0.2) is 30.3 Å². The van der Waals surface area contributed by atoms with E-state index in [1.807, 2.05) is 31.2 Å². The number of sulfone groups is 1. The van der Waals surface area contributed by atoms with Gasteiger partial charge in [-0.25, -0.2) is 13.4 Å². The standard InChI is InChI=1S/C18H24N4O2S/c1-12(2)15-6-4-5-7-16(15)21-18-19-13(3)10-17(22-18)20-14-8-9-25(23,24)11-14/h4-7,10,12,14H,8-9,11H2,1-3H3,(H2,19,20,21,22). The zero-order valence-electron chi connectivity index (χ0n) is 14.8. The monoisotopic (exact) mass is 360 g/mol. The van der Waals surface area contributed by atoms with E-state index in [-0.39, 0.29) is 17.5 Å². The summed E-state index contributed by atoms with van der Waals surface area (Å²) in [5, 5.41) is 6.53. The first kappa shape index (κ1) is 17.7. The van der Waals surface area contributed by atoms with Crippen LogP contribution in [-0.4, -0.2) is 35.9 Å². The van der Waals surface area contributed by atoms with Crippen molar-refractivity contribution in [1.82, 2.24) is 9.97 Å². The van der Waals surface area contributed by atoms with Gasteiger partial charge in [-0.2, -0.15) is 4.98 Å². The van der Waals surface area contributed by atoms with Crippen molar-refractivity contribution in [3.05, 3.63) is 41.6 Å². The fraction of sp³-hybridized carbons (Fsp3) is 0.444. The van der Waals surface area contributed by atoms with Crippen LogP contribution in [0.1, 0.15) is 37.4 Å². The highest BCUT2D eigenvalue weighted by atomic mass is 32.2. The van der Waals surface area contributed by atoms with E-state index in [0.29, 0.717) is 24.1 Å². The third-order valence-corrected chi connectivity index (χ3v) is 6.04. The van der Waals surface area contributed by atoms with E-state index in [2.05, 4.69) is 40.5 Å². The van der Waals surface area contributed by atoms with Gasteiger partial charge >= 0.3 is 0 Å². The van der Waals surface area contributed by atoms with Crippen molar-refractivity contribution in [2.45, 2.75) is 39.2 Å². The molecular formula is C18H24N4O2S. The fourth-order valence-electron chi connectivity index (χ4n) is 3.05. The van der Waals surface area contributed by atoms with Gasteiger partial charge in [0, 0.05) is 23.5 Å². The number of rotatable bonds is 5. The molecule has 134 valence electrons. The summed E-state index contributed by atoms with van der Waals surface area (Å²) in [5.74, 6) is 1.95. The average molecular weight is 360 g/mol. The van der Waals surface area contributed by atoms with Crippen LogP contribution < -0.4 is 10.6 Å². The van der Waals surface area contributed by atoms with Crippen molar-refractivity contribution in [3.63, 3.8) is 0 Å². The highest BCUT2D eigenvalue weighted by molar-refractivity contribution is 7.91. The molecule has 1 aliphatic heterocycles. The first-order chi connectivity index (χ1) is 11.8. The van der Waals surface area contributed by atoms with Crippen LogP contribution in [0.25, 0.3) is 0 Å². The van der Waals surface area contributed by atoms with Gasteiger partial charge in [0.15, 0.2) is 9.84 Å². The van der Waals surface area contributed by atoms with Crippen LogP contribution in [0.5, 0.6) is 0 Å². The molecule has 0 aliphatic carbocycles. The number of anilines is 3. The Morgan fingerprint density at radius 1 is 1.20 bits per heavy atom. The second-order valence-corrected chi connectivity index (χ2v) is 9.06. The lowest BCUT2D eigenvalue weighted by Gasteiger charge is -2.16. The minimum atomic E-state index is -2.92. The van der Waals surface area contributed by atoms with Gasteiger partial charge in [0.1, 0.15) is 5.82 Å². The Hall–Kier alpha value is -2.15. The number of hydrogen-bond acceptors (Lipinski definition) is 6. The number of benzene rings is 1. The Balaban J connectivity index is 1.81. The lowest BCUT2D eigenvalue weighted by atomic mass is 10.0. The molecule has 1 aliphatic rings. The summed E-state index contributed by atoms with van der Waals surface area (Å²) in [6.45, 7) is 6.19. The van der Waals surface area contributed by atoms with Crippen molar-refractivity contribution in [1.29, 1.82) is 0 Å².